The predicted molar refractivity (Wildman–Crippen MR) is 91.4 cm³/mol. The van der Waals surface area contributed by atoms with Crippen molar-refractivity contribution in [2.75, 3.05) is 5.32 Å². The molecule has 0 saturated carbocycles. The Morgan fingerprint density at radius 1 is 0.792 bits per heavy atom. The number of benzene rings is 3. The number of hydrogen-bond acceptors (Lipinski definition) is 3. The summed E-state index contributed by atoms with van der Waals surface area (Å²) in [5.41, 5.74) is 3.63. The van der Waals surface area contributed by atoms with Gasteiger partial charge in [-0.2, -0.15) is 0 Å². The van der Waals surface area contributed by atoms with Gasteiger partial charge in [0, 0.05) is 16.7 Å². The van der Waals surface area contributed by atoms with E-state index in [2.05, 4.69) is 5.32 Å². The Labute approximate surface area is 138 Å². The largest absolute Gasteiger partial charge is 0.506 e. The van der Waals surface area contributed by atoms with Gasteiger partial charge in [0.15, 0.2) is 5.78 Å². The quantitative estimate of drug-likeness (QED) is 0.552. The molecule has 1 aliphatic carbocycles. The monoisotopic (exact) mass is 315 g/mol. The number of aromatic hydroxyl groups is 1. The fourth-order valence-electron chi connectivity index (χ4n) is 2.94. The number of para-hydroxylation sites is 2. The standard InChI is InChI=1S/C20H13NO3/c22-18-8-4-3-7-17(18)21-20(24)12-9-10-14-13-5-1-2-6-15(13)19(23)16(14)11-12/h1-11,22H,(H,21,24). The van der Waals surface area contributed by atoms with Crippen molar-refractivity contribution in [2.45, 2.75) is 0 Å². The van der Waals surface area contributed by atoms with Crippen molar-refractivity contribution < 1.29 is 14.7 Å². The number of hydrogen-bond donors (Lipinski definition) is 2. The molecule has 0 unspecified atom stereocenters. The van der Waals surface area contributed by atoms with Crippen molar-refractivity contribution in [1.82, 2.24) is 0 Å². The molecule has 0 radical (unpaired) electrons. The van der Waals surface area contributed by atoms with Crippen molar-refractivity contribution in [1.29, 1.82) is 0 Å². The lowest BCUT2D eigenvalue weighted by Crippen LogP contribution is -2.12. The van der Waals surface area contributed by atoms with Crippen LogP contribution in [-0.4, -0.2) is 16.8 Å². The lowest BCUT2D eigenvalue weighted by molar-refractivity contribution is 0.102. The number of rotatable bonds is 2. The maximum Gasteiger partial charge on any atom is 0.255 e. The summed E-state index contributed by atoms with van der Waals surface area (Å²) in [7, 11) is 0. The predicted octanol–water partition coefficient (Wildman–Crippen LogP) is 3.86. The Morgan fingerprint density at radius 2 is 1.46 bits per heavy atom. The van der Waals surface area contributed by atoms with Gasteiger partial charge in [0.05, 0.1) is 5.69 Å². The van der Waals surface area contributed by atoms with Crippen molar-refractivity contribution in [3.05, 3.63) is 83.4 Å². The summed E-state index contributed by atoms with van der Waals surface area (Å²) in [5, 5.41) is 12.4. The number of fused-ring (bicyclic) bond motifs is 3. The summed E-state index contributed by atoms with van der Waals surface area (Å²) in [6, 6.07) is 19.0. The van der Waals surface area contributed by atoms with Crippen LogP contribution in [0.2, 0.25) is 0 Å². The Balaban J connectivity index is 1.69. The van der Waals surface area contributed by atoms with Crippen LogP contribution in [0, 0.1) is 0 Å². The molecule has 0 bridgehead atoms. The highest BCUT2D eigenvalue weighted by molar-refractivity contribution is 6.22. The maximum atomic E-state index is 12.5. The highest BCUT2D eigenvalue weighted by atomic mass is 16.3. The summed E-state index contributed by atoms with van der Waals surface area (Å²) in [5.74, 6) is -0.448. The van der Waals surface area contributed by atoms with Crippen molar-refractivity contribution in [3.63, 3.8) is 0 Å². The number of carbonyl (C=O) groups is 2. The van der Waals surface area contributed by atoms with Crippen LogP contribution in [0.1, 0.15) is 26.3 Å². The minimum absolute atomic E-state index is 0.00417. The molecule has 2 N–H and O–H groups in total. The molecular formula is C20H13NO3. The fraction of sp³-hybridized carbons (Fsp3) is 0. The Morgan fingerprint density at radius 3 is 2.25 bits per heavy atom. The van der Waals surface area contributed by atoms with E-state index in [0.717, 1.165) is 11.1 Å². The number of amides is 1. The molecule has 116 valence electrons. The molecule has 24 heavy (non-hydrogen) atoms. The number of phenolic OH excluding ortho intramolecular Hbond substituents is 1. The molecule has 3 aromatic rings. The average molecular weight is 315 g/mol. The van der Waals surface area contributed by atoms with Crippen LogP contribution in [0.25, 0.3) is 11.1 Å². The minimum Gasteiger partial charge on any atom is -0.506 e. The molecule has 4 heteroatoms. The summed E-state index contributed by atoms with van der Waals surface area (Å²) in [6.45, 7) is 0. The van der Waals surface area contributed by atoms with E-state index in [1.807, 2.05) is 18.2 Å². The molecule has 1 aliphatic rings. The SMILES string of the molecule is O=C(Nc1ccccc1O)c1ccc2c(c1)C(=O)c1ccccc1-2. The van der Waals surface area contributed by atoms with Crippen LogP contribution in [0.5, 0.6) is 5.75 Å². The smallest absolute Gasteiger partial charge is 0.255 e. The normalized spacial score (nSPS) is 11.8. The molecule has 0 spiro atoms. The lowest BCUT2D eigenvalue weighted by atomic mass is 10.0. The van der Waals surface area contributed by atoms with Crippen molar-refractivity contribution in [2.24, 2.45) is 0 Å². The third-order valence-corrected chi connectivity index (χ3v) is 4.14. The zero-order valence-corrected chi connectivity index (χ0v) is 12.6. The van der Waals surface area contributed by atoms with Gasteiger partial charge in [0.1, 0.15) is 5.75 Å². The van der Waals surface area contributed by atoms with Crippen LogP contribution in [0.4, 0.5) is 5.69 Å². The van der Waals surface area contributed by atoms with Crippen LogP contribution in [0.15, 0.2) is 66.7 Å². The van der Waals surface area contributed by atoms with E-state index in [9.17, 15) is 14.7 Å². The fourth-order valence-corrected chi connectivity index (χ4v) is 2.94. The van der Waals surface area contributed by atoms with E-state index >= 15 is 0 Å². The summed E-state index contributed by atoms with van der Waals surface area (Å²) in [4.78, 5) is 24.9. The van der Waals surface area contributed by atoms with E-state index in [4.69, 9.17) is 0 Å². The second-order valence-electron chi connectivity index (χ2n) is 5.61. The maximum absolute atomic E-state index is 12.5. The zero-order valence-electron chi connectivity index (χ0n) is 12.6. The summed E-state index contributed by atoms with van der Waals surface area (Å²) in [6.07, 6.45) is 0. The topological polar surface area (TPSA) is 66.4 Å². The Kier molecular flexibility index (Phi) is 3.17. The summed E-state index contributed by atoms with van der Waals surface area (Å²) < 4.78 is 0. The van der Waals surface area contributed by atoms with E-state index in [1.165, 1.54) is 6.07 Å². The van der Waals surface area contributed by atoms with Crippen molar-refractivity contribution >= 4 is 17.4 Å². The molecule has 4 nitrogen and oxygen atoms in total. The highest BCUT2D eigenvalue weighted by Gasteiger charge is 2.27. The second kappa shape index (κ2) is 5.35. The molecule has 4 rings (SSSR count). The number of anilines is 1. The third-order valence-electron chi connectivity index (χ3n) is 4.14. The number of nitrogens with one attached hydrogen (secondary N) is 1. The highest BCUT2D eigenvalue weighted by Crippen LogP contribution is 2.36. The number of phenols is 1. The van der Waals surface area contributed by atoms with Gasteiger partial charge in [-0.3, -0.25) is 9.59 Å². The molecular weight excluding hydrogens is 302 g/mol. The molecule has 3 aromatic carbocycles. The second-order valence-corrected chi connectivity index (χ2v) is 5.61. The average Bonchev–Trinajstić information content (AvgIpc) is 2.90. The lowest BCUT2D eigenvalue weighted by Gasteiger charge is -2.08. The minimum atomic E-state index is -0.372. The molecule has 0 aromatic heterocycles. The van der Waals surface area contributed by atoms with E-state index in [1.54, 1.807) is 42.5 Å². The van der Waals surface area contributed by atoms with E-state index in [-0.39, 0.29) is 17.4 Å². The number of ketones is 1. The van der Waals surface area contributed by atoms with Gasteiger partial charge >= 0.3 is 0 Å². The first-order valence-electron chi connectivity index (χ1n) is 7.52. The van der Waals surface area contributed by atoms with Crippen LogP contribution in [0.3, 0.4) is 0 Å². The van der Waals surface area contributed by atoms with Gasteiger partial charge in [-0.05, 0) is 35.4 Å². The van der Waals surface area contributed by atoms with Crippen molar-refractivity contribution in [3.8, 4) is 16.9 Å². The van der Waals surface area contributed by atoms with E-state index < -0.39 is 0 Å². The molecule has 0 aliphatic heterocycles. The Hall–Kier alpha value is -3.40. The molecule has 0 heterocycles. The summed E-state index contributed by atoms with van der Waals surface area (Å²) >= 11 is 0. The van der Waals surface area contributed by atoms with Crippen LogP contribution >= 0.6 is 0 Å². The third kappa shape index (κ3) is 2.16. The first kappa shape index (κ1) is 14.2. The van der Waals surface area contributed by atoms with Crippen LogP contribution in [-0.2, 0) is 0 Å². The van der Waals surface area contributed by atoms with Gasteiger partial charge in [0.2, 0.25) is 0 Å². The molecule has 0 fully saturated rings. The first-order chi connectivity index (χ1) is 11.6. The molecule has 0 atom stereocenters. The van der Waals surface area contributed by atoms with Crippen LogP contribution < -0.4 is 5.32 Å². The Bertz CT molecular complexity index is 992. The molecule has 0 saturated heterocycles. The van der Waals surface area contributed by atoms with Gasteiger partial charge in [0.25, 0.3) is 5.91 Å². The first-order valence-corrected chi connectivity index (χ1v) is 7.52. The van der Waals surface area contributed by atoms with E-state index in [0.29, 0.717) is 22.4 Å². The van der Waals surface area contributed by atoms with Gasteiger partial charge in [-0.15, -0.1) is 0 Å². The molecule has 1 amide bonds. The zero-order chi connectivity index (χ0) is 16.7. The van der Waals surface area contributed by atoms with Gasteiger partial charge in [-0.25, -0.2) is 0 Å². The number of carbonyl (C=O) groups excluding carboxylic acids is 2. The van der Waals surface area contributed by atoms with Gasteiger partial charge in [-0.1, -0.05) is 42.5 Å². The van der Waals surface area contributed by atoms with Gasteiger partial charge < -0.3 is 10.4 Å².